The largest absolute Gasteiger partial charge is 0.347 e. The molecule has 0 aliphatic heterocycles. The molecule has 0 bridgehead atoms. The molecule has 0 aliphatic rings. The minimum Gasteiger partial charge on any atom is -0.347 e. The predicted octanol–water partition coefficient (Wildman–Crippen LogP) is 3.25. The Morgan fingerprint density at radius 2 is 1.70 bits per heavy atom. The van der Waals surface area contributed by atoms with Gasteiger partial charge in [0, 0.05) is 10.7 Å². The number of halogens is 1. The van der Waals surface area contributed by atoms with Crippen LogP contribution < -0.4 is 10.6 Å². The van der Waals surface area contributed by atoms with Crippen molar-refractivity contribution in [1.29, 1.82) is 0 Å². The number of hydrogen-bond donors (Lipinski definition) is 2. The lowest BCUT2D eigenvalue weighted by atomic mass is 10.1. The fraction of sp³-hybridized carbons (Fsp3) is 0.222. The summed E-state index contributed by atoms with van der Waals surface area (Å²) in [7, 11) is 0. The molecule has 23 heavy (non-hydrogen) atoms. The van der Waals surface area contributed by atoms with Gasteiger partial charge in [0.15, 0.2) is 0 Å². The van der Waals surface area contributed by atoms with Crippen molar-refractivity contribution in [2.75, 3.05) is 11.9 Å². The number of nitrogens with one attached hydrogen (secondary N) is 2. The number of anilines is 1. The first-order chi connectivity index (χ1) is 11.0. The summed E-state index contributed by atoms with van der Waals surface area (Å²) >= 11 is 5.80. The van der Waals surface area contributed by atoms with E-state index in [4.69, 9.17) is 11.6 Å². The van der Waals surface area contributed by atoms with Crippen LogP contribution in [0.3, 0.4) is 0 Å². The lowest BCUT2D eigenvalue weighted by Crippen LogP contribution is -2.33. The quantitative estimate of drug-likeness (QED) is 0.884. The van der Waals surface area contributed by atoms with Gasteiger partial charge in [-0.05, 0) is 48.7 Å². The molecule has 0 atom stereocenters. The van der Waals surface area contributed by atoms with Gasteiger partial charge in [-0.2, -0.15) is 0 Å². The molecule has 0 fully saturated rings. The molecule has 0 aromatic heterocycles. The lowest BCUT2D eigenvalue weighted by molar-refractivity contribution is -0.123. The van der Waals surface area contributed by atoms with E-state index in [-0.39, 0.29) is 24.8 Å². The summed E-state index contributed by atoms with van der Waals surface area (Å²) in [5.74, 6) is -0.452. The maximum absolute atomic E-state index is 11.9. The molecule has 0 aliphatic carbocycles. The normalized spacial score (nSPS) is 10.2. The van der Waals surface area contributed by atoms with Gasteiger partial charge >= 0.3 is 0 Å². The van der Waals surface area contributed by atoms with Crippen molar-refractivity contribution in [3.8, 4) is 0 Å². The van der Waals surface area contributed by atoms with E-state index >= 15 is 0 Å². The van der Waals surface area contributed by atoms with Crippen molar-refractivity contribution in [1.82, 2.24) is 5.32 Å². The van der Waals surface area contributed by atoms with Crippen LogP contribution in [0, 0.1) is 13.8 Å². The third kappa shape index (κ3) is 5.11. The number of rotatable bonds is 5. The predicted molar refractivity (Wildman–Crippen MR) is 92.7 cm³/mol. The topological polar surface area (TPSA) is 58.2 Å². The zero-order chi connectivity index (χ0) is 16.8. The van der Waals surface area contributed by atoms with Crippen molar-refractivity contribution in [2.45, 2.75) is 20.3 Å². The zero-order valence-electron chi connectivity index (χ0n) is 13.2. The Morgan fingerprint density at radius 3 is 2.39 bits per heavy atom. The molecule has 0 unspecified atom stereocenters. The van der Waals surface area contributed by atoms with E-state index in [0.717, 1.165) is 22.4 Å². The number of aryl methyl sites for hydroxylation is 1. The average Bonchev–Trinajstić information content (AvgIpc) is 2.52. The van der Waals surface area contributed by atoms with Crippen molar-refractivity contribution >= 4 is 29.1 Å². The number of amides is 2. The second kappa shape index (κ2) is 7.79. The molecule has 2 rings (SSSR count). The van der Waals surface area contributed by atoms with E-state index in [2.05, 4.69) is 10.6 Å². The second-order valence-electron chi connectivity index (χ2n) is 5.38. The van der Waals surface area contributed by atoms with Crippen LogP contribution in [0.5, 0.6) is 0 Å². The van der Waals surface area contributed by atoms with E-state index < -0.39 is 0 Å². The van der Waals surface area contributed by atoms with Crippen LogP contribution in [0.2, 0.25) is 5.02 Å². The molecular weight excluding hydrogens is 312 g/mol. The summed E-state index contributed by atoms with van der Waals surface area (Å²) in [5, 5.41) is 6.05. The summed E-state index contributed by atoms with van der Waals surface area (Å²) in [6, 6.07) is 12.8. The molecule has 0 heterocycles. The van der Waals surface area contributed by atoms with E-state index in [0.29, 0.717) is 5.02 Å². The molecule has 0 radical (unpaired) electrons. The van der Waals surface area contributed by atoms with Crippen molar-refractivity contribution in [3.63, 3.8) is 0 Å². The number of carbonyl (C=O) groups excluding carboxylic acids is 2. The molecule has 0 saturated heterocycles. The molecule has 0 saturated carbocycles. The summed E-state index contributed by atoms with van der Waals surface area (Å²) < 4.78 is 0. The van der Waals surface area contributed by atoms with Gasteiger partial charge in [0.1, 0.15) is 0 Å². The molecule has 0 spiro atoms. The Bertz CT molecular complexity index is 711. The van der Waals surface area contributed by atoms with Gasteiger partial charge in [-0.1, -0.05) is 35.9 Å². The van der Waals surface area contributed by atoms with E-state index in [1.54, 1.807) is 24.3 Å². The molecular formula is C18H19ClN2O2. The van der Waals surface area contributed by atoms with Gasteiger partial charge in [0.25, 0.3) is 0 Å². The zero-order valence-corrected chi connectivity index (χ0v) is 13.9. The van der Waals surface area contributed by atoms with Gasteiger partial charge < -0.3 is 10.6 Å². The third-order valence-electron chi connectivity index (χ3n) is 3.60. The molecule has 5 heteroatoms. The Morgan fingerprint density at radius 1 is 1.00 bits per heavy atom. The fourth-order valence-electron chi connectivity index (χ4n) is 2.11. The number of benzene rings is 2. The first kappa shape index (κ1) is 17.0. The third-order valence-corrected chi connectivity index (χ3v) is 3.85. The second-order valence-corrected chi connectivity index (χ2v) is 5.81. The van der Waals surface area contributed by atoms with Crippen LogP contribution in [0.1, 0.15) is 16.7 Å². The highest BCUT2D eigenvalue weighted by atomic mass is 35.5. The van der Waals surface area contributed by atoms with Crippen LogP contribution >= 0.6 is 11.6 Å². The SMILES string of the molecule is Cc1cccc(NC(=O)CNC(=O)Cc2ccc(Cl)cc2)c1C. The van der Waals surface area contributed by atoms with Gasteiger partial charge in [-0.25, -0.2) is 0 Å². The van der Waals surface area contributed by atoms with Crippen LogP contribution in [-0.4, -0.2) is 18.4 Å². The Balaban J connectivity index is 1.83. The summed E-state index contributed by atoms with van der Waals surface area (Å²) in [6.07, 6.45) is 0.216. The molecule has 2 N–H and O–H groups in total. The maximum atomic E-state index is 11.9. The van der Waals surface area contributed by atoms with Crippen LogP contribution in [0.4, 0.5) is 5.69 Å². The summed E-state index contributed by atoms with van der Waals surface area (Å²) in [4.78, 5) is 23.8. The number of carbonyl (C=O) groups is 2. The number of hydrogen-bond acceptors (Lipinski definition) is 2. The van der Waals surface area contributed by atoms with Crippen LogP contribution in [0.25, 0.3) is 0 Å². The average molecular weight is 331 g/mol. The van der Waals surface area contributed by atoms with Gasteiger partial charge in [0.05, 0.1) is 13.0 Å². The molecule has 4 nitrogen and oxygen atoms in total. The first-order valence-corrected chi connectivity index (χ1v) is 7.70. The monoisotopic (exact) mass is 330 g/mol. The molecule has 2 amide bonds. The minimum atomic E-state index is -0.247. The highest BCUT2D eigenvalue weighted by molar-refractivity contribution is 6.30. The fourth-order valence-corrected chi connectivity index (χ4v) is 2.24. The van der Waals surface area contributed by atoms with E-state index in [9.17, 15) is 9.59 Å². The Labute approximate surface area is 140 Å². The highest BCUT2D eigenvalue weighted by Gasteiger charge is 2.08. The summed E-state index contributed by atoms with van der Waals surface area (Å²) in [6.45, 7) is 3.88. The van der Waals surface area contributed by atoms with Crippen molar-refractivity contribution in [2.24, 2.45) is 0 Å². The Kier molecular flexibility index (Phi) is 5.77. The van der Waals surface area contributed by atoms with E-state index in [1.165, 1.54) is 0 Å². The maximum Gasteiger partial charge on any atom is 0.243 e. The van der Waals surface area contributed by atoms with Gasteiger partial charge in [0.2, 0.25) is 11.8 Å². The smallest absolute Gasteiger partial charge is 0.243 e. The minimum absolute atomic E-state index is 0.0557. The first-order valence-electron chi connectivity index (χ1n) is 7.33. The van der Waals surface area contributed by atoms with Crippen LogP contribution in [-0.2, 0) is 16.0 Å². The Hall–Kier alpha value is -2.33. The van der Waals surface area contributed by atoms with Gasteiger partial charge in [-0.3, -0.25) is 9.59 Å². The molecule has 120 valence electrons. The lowest BCUT2D eigenvalue weighted by Gasteiger charge is -2.11. The standard InChI is InChI=1S/C18H19ClN2O2/c1-12-4-3-5-16(13(12)2)21-18(23)11-20-17(22)10-14-6-8-15(19)9-7-14/h3-9H,10-11H2,1-2H3,(H,20,22)(H,21,23). The summed E-state index contributed by atoms with van der Waals surface area (Å²) in [5.41, 5.74) is 3.74. The highest BCUT2D eigenvalue weighted by Crippen LogP contribution is 2.17. The molecule has 2 aromatic carbocycles. The van der Waals surface area contributed by atoms with Crippen molar-refractivity contribution in [3.05, 3.63) is 64.2 Å². The van der Waals surface area contributed by atoms with Crippen LogP contribution in [0.15, 0.2) is 42.5 Å². The van der Waals surface area contributed by atoms with Gasteiger partial charge in [-0.15, -0.1) is 0 Å². The van der Waals surface area contributed by atoms with E-state index in [1.807, 2.05) is 32.0 Å². The molecule has 2 aromatic rings. The van der Waals surface area contributed by atoms with Crippen molar-refractivity contribution < 1.29 is 9.59 Å².